The molecule has 0 saturated carbocycles. The summed E-state index contributed by atoms with van der Waals surface area (Å²) < 4.78 is 35.5. The lowest BCUT2D eigenvalue weighted by atomic mass is 10.1. The molecule has 0 aromatic rings. The standard InChI is InChI=1S/C40H76NO6PS2/c1-6-8-10-12-14-16-18-20-22-24-26-28-30-32-39(49)44-36-38(37-46-48(42,43)45-35-34-41(3,4)5)47-40(50)33-31-29-27-25-23-21-19-17-15-13-11-9-7-2/h18-21,38H,6-17,22-37H2,1-5H3/p+1/t38-/m1/s1. The summed E-state index contributed by atoms with van der Waals surface area (Å²) in [4.78, 5) is 10.2. The highest BCUT2D eigenvalue weighted by Crippen LogP contribution is 2.43. The Labute approximate surface area is 319 Å². The number of hydrogen-bond donors (Lipinski definition) is 1. The first-order chi connectivity index (χ1) is 24.0. The molecule has 0 saturated heterocycles. The van der Waals surface area contributed by atoms with Crippen molar-refractivity contribution < 1.29 is 32.5 Å². The van der Waals surface area contributed by atoms with E-state index in [-0.39, 0.29) is 19.8 Å². The van der Waals surface area contributed by atoms with Crippen molar-refractivity contribution in [1.82, 2.24) is 0 Å². The maximum Gasteiger partial charge on any atom is 0.472 e. The van der Waals surface area contributed by atoms with Crippen LogP contribution in [0.15, 0.2) is 24.3 Å². The lowest BCUT2D eigenvalue weighted by molar-refractivity contribution is -0.870. The number of quaternary nitrogens is 1. The van der Waals surface area contributed by atoms with Crippen LogP contribution < -0.4 is 0 Å². The fourth-order valence-electron chi connectivity index (χ4n) is 5.24. The molecule has 0 aromatic heterocycles. The van der Waals surface area contributed by atoms with Crippen LogP contribution in [0.25, 0.3) is 0 Å². The zero-order chi connectivity index (χ0) is 37.2. The molecule has 0 bridgehead atoms. The predicted octanol–water partition coefficient (Wildman–Crippen LogP) is 12.4. The van der Waals surface area contributed by atoms with Gasteiger partial charge in [0.05, 0.1) is 27.7 Å². The average molecular weight is 763 g/mol. The Kier molecular flexibility index (Phi) is 33.7. The van der Waals surface area contributed by atoms with E-state index in [4.69, 9.17) is 43.0 Å². The van der Waals surface area contributed by atoms with Gasteiger partial charge in [0.1, 0.15) is 19.8 Å². The molecule has 0 spiro atoms. The fourth-order valence-corrected chi connectivity index (χ4v) is 6.47. The molecule has 0 fully saturated rings. The van der Waals surface area contributed by atoms with Crippen molar-refractivity contribution >= 4 is 42.4 Å². The van der Waals surface area contributed by atoms with Crippen molar-refractivity contribution in [3.63, 3.8) is 0 Å². The molecule has 0 heterocycles. The highest BCUT2D eigenvalue weighted by atomic mass is 32.1. The molecule has 7 nitrogen and oxygen atoms in total. The smallest absolute Gasteiger partial charge is 0.472 e. The monoisotopic (exact) mass is 762 g/mol. The summed E-state index contributed by atoms with van der Waals surface area (Å²) in [5, 5.41) is 0.977. The molecule has 2 atom stereocenters. The van der Waals surface area contributed by atoms with Crippen molar-refractivity contribution in [2.24, 2.45) is 0 Å². The number of ether oxygens (including phenoxy) is 2. The van der Waals surface area contributed by atoms with Crippen LogP contribution in [0.1, 0.15) is 168 Å². The van der Waals surface area contributed by atoms with Gasteiger partial charge in [-0.05, 0) is 88.6 Å². The molecule has 1 unspecified atom stereocenters. The van der Waals surface area contributed by atoms with Gasteiger partial charge < -0.3 is 18.9 Å². The summed E-state index contributed by atoms with van der Waals surface area (Å²) in [7, 11) is 1.71. The summed E-state index contributed by atoms with van der Waals surface area (Å²) in [6.07, 6.45) is 36.8. The summed E-state index contributed by atoms with van der Waals surface area (Å²) in [6, 6.07) is 0. The highest BCUT2D eigenvalue weighted by Gasteiger charge is 2.26. The van der Waals surface area contributed by atoms with Crippen molar-refractivity contribution in [1.29, 1.82) is 0 Å². The first-order valence-electron chi connectivity index (χ1n) is 20.1. The van der Waals surface area contributed by atoms with Crippen LogP contribution in [0.4, 0.5) is 0 Å². The fraction of sp³-hybridized carbons (Fsp3) is 0.850. The lowest BCUT2D eigenvalue weighted by Gasteiger charge is -2.24. The minimum absolute atomic E-state index is 0.103. The summed E-state index contributed by atoms with van der Waals surface area (Å²) in [6.45, 7) is 5.10. The normalized spacial score (nSPS) is 14.0. The van der Waals surface area contributed by atoms with Crippen LogP contribution in [0, 0.1) is 0 Å². The van der Waals surface area contributed by atoms with Crippen molar-refractivity contribution in [2.45, 2.75) is 174 Å². The van der Waals surface area contributed by atoms with E-state index >= 15 is 0 Å². The van der Waals surface area contributed by atoms with Gasteiger partial charge in [-0.3, -0.25) is 9.05 Å². The van der Waals surface area contributed by atoms with Crippen LogP contribution in [-0.2, 0) is 23.1 Å². The van der Waals surface area contributed by atoms with Gasteiger partial charge in [0, 0.05) is 12.8 Å². The zero-order valence-corrected chi connectivity index (χ0v) is 35.4. The van der Waals surface area contributed by atoms with E-state index in [2.05, 4.69) is 38.2 Å². The molecule has 0 aliphatic rings. The quantitative estimate of drug-likeness (QED) is 0.0222. The molecule has 0 radical (unpaired) electrons. The molecule has 10 heteroatoms. The van der Waals surface area contributed by atoms with Crippen molar-refractivity contribution in [3.8, 4) is 0 Å². The summed E-state index contributed by atoms with van der Waals surface area (Å²) in [5.41, 5.74) is 0. The number of allylic oxidation sites excluding steroid dienone is 4. The molecule has 0 aliphatic heterocycles. The van der Waals surface area contributed by atoms with Gasteiger partial charge in [-0.15, -0.1) is 0 Å². The van der Waals surface area contributed by atoms with Crippen LogP contribution in [-0.4, -0.2) is 73.1 Å². The lowest BCUT2D eigenvalue weighted by Crippen LogP contribution is -2.37. The number of unbranched alkanes of at least 4 members (excludes halogenated alkanes) is 18. The van der Waals surface area contributed by atoms with Gasteiger partial charge in [0.25, 0.3) is 0 Å². The summed E-state index contributed by atoms with van der Waals surface area (Å²) >= 11 is 11.0. The molecule has 0 aliphatic carbocycles. The Morgan fingerprint density at radius 2 is 1.04 bits per heavy atom. The van der Waals surface area contributed by atoms with Gasteiger partial charge in [0.2, 0.25) is 0 Å². The first-order valence-corrected chi connectivity index (χ1v) is 22.4. The topological polar surface area (TPSA) is 74.2 Å². The zero-order valence-electron chi connectivity index (χ0n) is 32.9. The van der Waals surface area contributed by atoms with E-state index in [1.54, 1.807) is 0 Å². The van der Waals surface area contributed by atoms with Gasteiger partial charge in [-0.2, -0.15) is 0 Å². The van der Waals surface area contributed by atoms with Crippen LogP contribution in [0.5, 0.6) is 0 Å². The maximum absolute atomic E-state index is 12.5. The third kappa shape index (κ3) is 37.1. The number of phosphoric ester groups is 1. The number of thiocarbonyl (C=S) groups is 2. The largest absolute Gasteiger partial charge is 0.483 e. The number of nitrogens with zero attached hydrogens (tertiary/aromatic N) is 1. The molecule has 1 N–H and O–H groups in total. The van der Waals surface area contributed by atoms with E-state index in [1.807, 2.05) is 21.1 Å². The van der Waals surface area contributed by atoms with E-state index in [0.717, 1.165) is 44.9 Å². The van der Waals surface area contributed by atoms with E-state index in [9.17, 15) is 9.46 Å². The molecular formula is C40H77NO6PS2+. The number of phosphoric acid groups is 1. The Balaban J connectivity index is 4.45. The second kappa shape index (κ2) is 34.1. The van der Waals surface area contributed by atoms with E-state index in [0.29, 0.717) is 34.0 Å². The molecule has 0 rings (SSSR count). The van der Waals surface area contributed by atoms with Gasteiger partial charge in [0.15, 0.2) is 16.2 Å². The van der Waals surface area contributed by atoms with Crippen LogP contribution in [0.2, 0.25) is 0 Å². The van der Waals surface area contributed by atoms with Crippen molar-refractivity contribution in [3.05, 3.63) is 24.3 Å². The molecule has 50 heavy (non-hydrogen) atoms. The SMILES string of the molecule is CCCCCCCC=CCCCCCCC(=S)OC[C@H](COP(=O)(O)OCC[N+](C)(C)C)OC(=S)CCCCCCC=CCCCCCCC. The molecule has 294 valence electrons. The Morgan fingerprint density at radius 1 is 0.620 bits per heavy atom. The maximum atomic E-state index is 12.5. The number of likely N-dealkylation sites (N-methyl/N-ethyl adjacent to an activating group) is 1. The second-order valence-electron chi connectivity index (χ2n) is 14.7. The number of rotatable bonds is 36. The highest BCUT2D eigenvalue weighted by molar-refractivity contribution is 7.80. The van der Waals surface area contributed by atoms with Gasteiger partial charge in [-0.25, -0.2) is 4.57 Å². The Hall–Kier alpha value is -0.670. The second-order valence-corrected chi connectivity index (χ2v) is 17.0. The van der Waals surface area contributed by atoms with Crippen LogP contribution in [0.3, 0.4) is 0 Å². The Morgan fingerprint density at radius 3 is 1.48 bits per heavy atom. The molecular weight excluding hydrogens is 686 g/mol. The van der Waals surface area contributed by atoms with E-state index < -0.39 is 13.9 Å². The molecule has 0 amide bonds. The number of hydrogen-bond acceptors (Lipinski definition) is 7. The van der Waals surface area contributed by atoms with E-state index in [1.165, 1.54) is 96.3 Å². The van der Waals surface area contributed by atoms with Gasteiger partial charge >= 0.3 is 7.82 Å². The Bertz CT molecular complexity index is 924. The minimum Gasteiger partial charge on any atom is -0.483 e. The van der Waals surface area contributed by atoms with Crippen LogP contribution >= 0.6 is 32.3 Å². The third-order valence-electron chi connectivity index (χ3n) is 8.45. The average Bonchev–Trinajstić information content (AvgIpc) is 3.06. The predicted molar refractivity (Wildman–Crippen MR) is 221 cm³/mol. The molecule has 0 aromatic carbocycles. The minimum atomic E-state index is -4.25. The summed E-state index contributed by atoms with van der Waals surface area (Å²) in [5.74, 6) is 0. The first kappa shape index (κ1) is 49.3. The van der Waals surface area contributed by atoms with Crippen molar-refractivity contribution in [2.75, 3.05) is 47.5 Å². The third-order valence-corrected chi connectivity index (χ3v) is 10.1. The van der Waals surface area contributed by atoms with Gasteiger partial charge in [-0.1, -0.05) is 115 Å².